The van der Waals surface area contributed by atoms with E-state index in [4.69, 9.17) is 16.7 Å². The van der Waals surface area contributed by atoms with Gasteiger partial charge < -0.3 is 16.2 Å². The number of halogens is 3. The number of aromatic nitrogens is 1. The van der Waals surface area contributed by atoms with Crippen molar-refractivity contribution in [3.05, 3.63) is 17.3 Å². The number of nitrogens with two attached hydrogens (primary N) is 2. The molecule has 0 fully saturated rings. The van der Waals surface area contributed by atoms with Gasteiger partial charge in [0.2, 0.25) is 5.88 Å². The first kappa shape index (κ1) is 12.6. The number of nitrogen functional groups attached to an aromatic ring is 1. The number of pyridine rings is 1. The maximum absolute atomic E-state index is 12.0. The van der Waals surface area contributed by atoms with Crippen molar-refractivity contribution in [2.24, 2.45) is 5.73 Å². The molecule has 17 heavy (non-hydrogen) atoms. The van der Waals surface area contributed by atoms with Crippen LogP contribution in [0.1, 0.15) is 15.9 Å². The fourth-order valence-electron chi connectivity index (χ4n) is 1.06. The summed E-state index contributed by atoms with van der Waals surface area (Å²) in [6.07, 6.45) is -4.29. The third-order valence-corrected chi connectivity index (χ3v) is 1.64. The van der Waals surface area contributed by atoms with E-state index in [1.165, 1.54) is 6.07 Å². The minimum Gasteiger partial charge on any atom is -0.397 e. The molecule has 6 nitrogen and oxygen atoms in total. The number of amides is 1. The van der Waals surface area contributed by atoms with E-state index in [0.29, 0.717) is 0 Å². The number of nitriles is 1. The summed E-state index contributed by atoms with van der Waals surface area (Å²) < 4.78 is 39.4. The highest BCUT2D eigenvalue weighted by atomic mass is 19.4. The van der Waals surface area contributed by atoms with E-state index in [1.54, 1.807) is 0 Å². The Kier molecular flexibility index (Phi) is 3.08. The zero-order valence-corrected chi connectivity index (χ0v) is 8.08. The van der Waals surface area contributed by atoms with Crippen molar-refractivity contribution < 1.29 is 22.7 Å². The smallest absolute Gasteiger partial charge is 0.397 e. The average Bonchev–Trinajstić information content (AvgIpc) is 2.17. The van der Waals surface area contributed by atoms with Crippen LogP contribution in [0.25, 0.3) is 0 Å². The normalized spacial score (nSPS) is 10.7. The second-order valence-electron chi connectivity index (χ2n) is 2.79. The third-order valence-electron chi connectivity index (χ3n) is 1.64. The number of hydrogen-bond donors (Lipinski definition) is 2. The van der Waals surface area contributed by atoms with Gasteiger partial charge in [-0.15, -0.1) is 13.2 Å². The predicted molar refractivity (Wildman–Crippen MR) is 48.6 cm³/mol. The molecule has 1 aromatic rings. The molecule has 0 saturated carbocycles. The van der Waals surface area contributed by atoms with Gasteiger partial charge >= 0.3 is 6.36 Å². The lowest BCUT2D eigenvalue weighted by atomic mass is 10.1. The molecule has 0 aromatic carbocycles. The van der Waals surface area contributed by atoms with Crippen LogP contribution >= 0.6 is 0 Å². The van der Waals surface area contributed by atoms with E-state index in [2.05, 4.69) is 9.72 Å². The average molecular weight is 246 g/mol. The molecule has 1 rings (SSSR count). The summed E-state index contributed by atoms with van der Waals surface area (Å²) in [6, 6.07) is 1.34. The van der Waals surface area contributed by atoms with Crippen LogP contribution < -0.4 is 16.2 Å². The molecule has 0 unspecified atom stereocenters. The van der Waals surface area contributed by atoms with Gasteiger partial charge in [0.15, 0.2) is 0 Å². The summed E-state index contributed by atoms with van der Waals surface area (Å²) >= 11 is 0. The van der Waals surface area contributed by atoms with Crippen molar-refractivity contribution in [1.82, 2.24) is 4.98 Å². The second kappa shape index (κ2) is 4.17. The van der Waals surface area contributed by atoms with Gasteiger partial charge in [0.1, 0.15) is 11.6 Å². The Morgan fingerprint density at radius 2 is 2.12 bits per heavy atom. The molecular formula is C8H5F3N4O2. The third kappa shape index (κ3) is 2.75. The van der Waals surface area contributed by atoms with Gasteiger partial charge in [-0.05, 0) is 0 Å². The van der Waals surface area contributed by atoms with Crippen LogP contribution in [0.15, 0.2) is 6.20 Å². The van der Waals surface area contributed by atoms with Crippen LogP contribution in [0.4, 0.5) is 18.9 Å². The Bertz CT molecular complexity index is 507. The highest BCUT2D eigenvalue weighted by molar-refractivity contribution is 6.00. The lowest BCUT2D eigenvalue weighted by Crippen LogP contribution is -2.21. The molecule has 0 spiro atoms. The standard InChI is InChI=1S/C8H5F3N4O2/c9-8(10,11)17-7-3(1-12)5(6(14)16)4(13)2-15-7/h2H,13H2,(H2,14,16). The second-order valence-corrected chi connectivity index (χ2v) is 2.79. The number of anilines is 1. The first-order valence-corrected chi connectivity index (χ1v) is 4.00. The molecule has 0 radical (unpaired) electrons. The molecule has 0 saturated heterocycles. The first-order valence-electron chi connectivity index (χ1n) is 4.00. The van der Waals surface area contributed by atoms with Crippen LogP contribution in [0, 0.1) is 11.3 Å². The fraction of sp³-hybridized carbons (Fsp3) is 0.125. The highest BCUT2D eigenvalue weighted by Gasteiger charge is 2.34. The van der Waals surface area contributed by atoms with E-state index in [9.17, 15) is 18.0 Å². The topological polar surface area (TPSA) is 115 Å². The Labute approximate surface area is 92.6 Å². The largest absolute Gasteiger partial charge is 0.574 e. The number of hydrogen-bond acceptors (Lipinski definition) is 5. The Morgan fingerprint density at radius 1 is 1.53 bits per heavy atom. The van der Waals surface area contributed by atoms with Crippen molar-refractivity contribution in [3.63, 3.8) is 0 Å². The molecule has 9 heteroatoms. The maximum atomic E-state index is 12.0. The number of rotatable bonds is 2. The molecule has 0 bridgehead atoms. The Balaban J connectivity index is 3.40. The van der Waals surface area contributed by atoms with Gasteiger partial charge in [-0.2, -0.15) is 5.26 Å². The summed E-state index contributed by atoms with van der Waals surface area (Å²) in [4.78, 5) is 14.1. The zero-order chi connectivity index (χ0) is 13.2. The highest BCUT2D eigenvalue weighted by Crippen LogP contribution is 2.28. The van der Waals surface area contributed by atoms with E-state index >= 15 is 0 Å². The molecule has 1 heterocycles. The molecule has 0 aliphatic rings. The fourth-order valence-corrected chi connectivity index (χ4v) is 1.06. The molecule has 1 aromatic heterocycles. The zero-order valence-electron chi connectivity index (χ0n) is 8.08. The summed E-state index contributed by atoms with van der Waals surface area (Å²) in [5, 5.41) is 8.67. The molecule has 0 aliphatic carbocycles. The SMILES string of the molecule is N#Cc1c(OC(F)(F)F)ncc(N)c1C(N)=O. The van der Waals surface area contributed by atoms with Crippen molar-refractivity contribution >= 4 is 11.6 Å². The number of ether oxygens (including phenoxy) is 1. The Hall–Kier alpha value is -2.50. The minimum absolute atomic E-state index is 0.302. The Morgan fingerprint density at radius 3 is 2.53 bits per heavy atom. The summed E-state index contributed by atoms with van der Waals surface area (Å²) in [6.45, 7) is 0. The van der Waals surface area contributed by atoms with E-state index < -0.39 is 29.3 Å². The van der Waals surface area contributed by atoms with Crippen molar-refractivity contribution in [2.45, 2.75) is 6.36 Å². The summed E-state index contributed by atoms with van der Waals surface area (Å²) in [5.41, 5.74) is 8.56. The quantitative estimate of drug-likeness (QED) is 0.789. The maximum Gasteiger partial charge on any atom is 0.574 e. The van der Waals surface area contributed by atoms with Gasteiger partial charge in [-0.25, -0.2) is 4.98 Å². The number of carbonyl (C=O) groups excluding carboxylic acids is 1. The van der Waals surface area contributed by atoms with Crippen molar-refractivity contribution in [1.29, 1.82) is 5.26 Å². The predicted octanol–water partition coefficient (Wildman–Crippen LogP) is 0.533. The van der Waals surface area contributed by atoms with Gasteiger partial charge in [-0.3, -0.25) is 4.79 Å². The number of carbonyl (C=O) groups is 1. The minimum atomic E-state index is -5.04. The molecular weight excluding hydrogens is 241 g/mol. The number of nitrogens with zero attached hydrogens (tertiary/aromatic N) is 2. The lowest BCUT2D eigenvalue weighted by molar-refractivity contribution is -0.276. The van der Waals surface area contributed by atoms with E-state index in [0.717, 1.165) is 6.20 Å². The molecule has 4 N–H and O–H groups in total. The van der Waals surface area contributed by atoms with Crippen LogP contribution in [0.3, 0.4) is 0 Å². The number of primary amides is 1. The van der Waals surface area contributed by atoms with Crippen LogP contribution in [-0.4, -0.2) is 17.3 Å². The molecule has 0 atom stereocenters. The molecule has 0 aliphatic heterocycles. The van der Waals surface area contributed by atoms with Crippen molar-refractivity contribution in [2.75, 3.05) is 5.73 Å². The van der Waals surface area contributed by atoms with Crippen LogP contribution in [0.5, 0.6) is 5.88 Å². The van der Waals surface area contributed by atoms with Gasteiger partial charge in [0.05, 0.1) is 17.4 Å². The van der Waals surface area contributed by atoms with Crippen LogP contribution in [-0.2, 0) is 0 Å². The molecule has 1 amide bonds. The summed E-state index contributed by atoms with van der Waals surface area (Å²) in [5.74, 6) is -2.21. The van der Waals surface area contributed by atoms with Gasteiger partial charge in [0, 0.05) is 0 Å². The van der Waals surface area contributed by atoms with E-state index in [-0.39, 0.29) is 5.69 Å². The van der Waals surface area contributed by atoms with Gasteiger partial charge in [-0.1, -0.05) is 0 Å². The monoisotopic (exact) mass is 246 g/mol. The summed E-state index contributed by atoms with van der Waals surface area (Å²) in [7, 11) is 0. The van der Waals surface area contributed by atoms with E-state index in [1.807, 2.05) is 0 Å². The lowest BCUT2D eigenvalue weighted by Gasteiger charge is -2.11. The van der Waals surface area contributed by atoms with Crippen LogP contribution in [0.2, 0.25) is 0 Å². The number of alkyl halides is 3. The first-order chi connectivity index (χ1) is 7.76. The van der Waals surface area contributed by atoms with Gasteiger partial charge in [0.25, 0.3) is 5.91 Å². The van der Waals surface area contributed by atoms with Crippen molar-refractivity contribution in [3.8, 4) is 11.9 Å². The molecule has 90 valence electrons.